The molecule has 1 unspecified atom stereocenters. The number of ether oxygens (including phenoxy) is 3. The molecule has 0 spiro atoms. The van der Waals surface area contributed by atoms with E-state index in [2.05, 4.69) is 10.1 Å². The number of fused-ring (bicyclic) bond motifs is 1. The Kier molecular flexibility index (Phi) is 5.42. The Morgan fingerprint density at radius 3 is 2.84 bits per heavy atom. The summed E-state index contributed by atoms with van der Waals surface area (Å²) in [6.45, 7) is 1.95. The van der Waals surface area contributed by atoms with Crippen molar-refractivity contribution in [3.05, 3.63) is 53.7 Å². The molecular formula is C24H26N2O5. The molecule has 162 valence electrons. The second kappa shape index (κ2) is 8.51. The minimum Gasteiger partial charge on any atom is -0.504 e. The van der Waals surface area contributed by atoms with Crippen LogP contribution >= 0.6 is 0 Å². The van der Waals surface area contributed by atoms with Gasteiger partial charge in [-0.3, -0.25) is 4.90 Å². The molecule has 0 bridgehead atoms. The average molecular weight is 422 g/mol. The second-order valence-electron chi connectivity index (χ2n) is 8.03. The van der Waals surface area contributed by atoms with Crippen molar-refractivity contribution >= 4 is 0 Å². The summed E-state index contributed by atoms with van der Waals surface area (Å²) in [5, 5.41) is 14.6. The smallest absolute Gasteiger partial charge is 0.231 e. The third kappa shape index (κ3) is 4.05. The molecule has 3 aromatic rings. The highest BCUT2D eigenvalue weighted by atomic mass is 16.7. The normalized spacial score (nSPS) is 18.7. The van der Waals surface area contributed by atoms with Crippen LogP contribution in [0.5, 0.6) is 23.0 Å². The Balaban J connectivity index is 1.39. The van der Waals surface area contributed by atoms with E-state index in [9.17, 15) is 5.11 Å². The number of phenolic OH excluding ortho intramolecular Hbond substituents is 1. The van der Waals surface area contributed by atoms with E-state index in [1.54, 1.807) is 13.2 Å². The number of phenols is 1. The van der Waals surface area contributed by atoms with Crippen LogP contribution in [0.1, 0.15) is 43.0 Å². The largest absolute Gasteiger partial charge is 0.504 e. The maximum Gasteiger partial charge on any atom is 0.231 e. The number of benzene rings is 2. The summed E-state index contributed by atoms with van der Waals surface area (Å²) in [5.74, 6) is 2.85. The first kappa shape index (κ1) is 19.8. The van der Waals surface area contributed by atoms with Crippen LogP contribution in [0, 0.1) is 0 Å². The molecule has 0 saturated carbocycles. The molecule has 2 aliphatic rings. The third-order valence-electron chi connectivity index (χ3n) is 6.02. The van der Waals surface area contributed by atoms with Crippen LogP contribution in [0.25, 0.3) is 11.3 Å². The fourth-order valence-corrected chi connectivity index (χ4v) is 4.39. The zero-order valence-electron chi connectivity index (χ0n) is 17.5. The van der Waals surface area contributed by atoms with Gasteiger partial charge in [-0.05, 0) is 55.3 Å². The fraction of sp³-hybridized carbons (Fsp3) is 0.375. The summed E-state index contributed by atoms with van der Waals surface area (Å²) in [6.07, 6.45) is 4.52. The quantitative estimate of drug-likeness (QED) is 0.626. The van der Waals surface area contributed by atoms with E-state index in [-0.39, 0.29) is 18.6 Å². The van der Waals surface area contributed by atoms with Crippen LogP contribution in [0.15, 0.2) is 47.0 Å². The zero-order chi connectivity index (χ0) is 21.2. The minimum absolute atomic E-state index is 0.165. The molecule has 1 aromatic heterocycles. The van der Waals surface area contributed by atoms with Gasteiger partial charge < -0.3 is 23.8 Å². The van der Waals surface area contributed by atoms with Crippen molar-refractivity contribution in [2.75, 3.05) is 20.4 Å². The van der Waals surface area contributed by atoms with E-state index in [0.29, 0.717) is 5.75 Å². The first-order chi connectivity index (χ1) is 15.2. The molecule has 2 aromatic carbocycles. The Labute approximate surface area is 181 Å². The highest BCUT2D eigenvalue weighted by Gasteiger charge is 2.26. The molecule has 1 saturated heterocycles. The number of hydrogen-bond acceptors (Lipinski definition) is 7. The van der Waals surface area contributed by atoms with E-state index >= 15 is 0 Å². The SMILES string of the molecule is COc1ccc(CN2CCCCCC2c2cc(-c3ccc4c(c3)OCO4)on2)cc1O. The number of hydrogen-bond donors (Lipinski definition) is 1. The molecule has 1 fully saturated rings. The van der Waals surface area contributed by atoms with E-state index in [0.717, 1.165) is 66.4 Å². The maximum absolute atomic E-state index is 10.2. The molecule has 1 N–H and O–H groups in total. The lowest BCUT2D eigenvalue weighted by atomic mass is 10.0. The van der Waals surface area contributed by atoms with Crippen LogP contribution in [-0.2, 0) is 6.54 Å². The van der Waals surface area contributed by atoms with Crippen LogP contribution < -0.4 is 14.2 Å². The molecule has 5 rings (SSSR count). The maximum atomic E-state index is 10.2. The van der Waals surface area contributed by atoms with Crippen LogP contribution in [0.4, 0.5) is 0 Å². The number of aromatic hydroxyl groups is 1. The van der Waals surface area contributed by atoms with Crippen molar-refractivity contribution in [2.45, 2.75) is 38.3 Å². The first-order valence-electron chi connectivity index (χ1n) is 10.7. The van der Waals surface area contributed by atoms with Gasteiger partial charge in [-0.2, -0.15) is 0 Å². The predicted molar refractivity (Wildman–Crippen MR) is 114 cm³/mol. The Morgan fingerprint density at radius 2 is 1.97 bits per heavy atom. The number of aromatic nitrogens is 1. The van der Waals surface area contributed by atoms with Crippen molar-refractivity contribution < 1.29 is 23.8 Å². The molecule has 7 nitrogen and oxygen atoms in total. The summed E-state index contributed by atoms with van der Waals surface area (Å²) in [6, 6.07) is 13.6. The highest BCUT2D eigenvalue weighted by molar-refractivity contribution is 5.63. The van der Waals surface area contributed by atoms with E-state index < -0.39 is 0 Å². The molecular weight excluding hydrogens is 396 g/mol. The number of nitrogens with zero attached hydrogens (tertiary/aromatic N) is 2. The second-order valence-corrected chi connectivity index (χ2v) is 8.03. The van der Waals surface area contributed by atoms with Gasteiger partial charge in [0.05, 0.1) is 13.2 Å². The molecule has 1 atom stereocenters. The van der Waals surface area contributed by atoms with Crippen molar-refractivity contribution in [1.82, 2.24) is 10.1 Å². The molecule has 0 aliphatic carbocycles. The lowest BCUT2D eigenvalue weighted by Crippen LogP contribution is -2.28. The van der Waals surface area contributed by atoms with Gasteiger partial charge in [0.15, 0.2) is 28.8 Å². The summed E-state index contributed by atoms with van der Waals surface area (Å²) in [7, 11) is 1.56. The lowest BCUT2D eigenvalue weighted by molar-refractivity contribution is 0.174. The van der Waals surface area contributed by atoms with Gasteiger partial charge in [0, 0.05) is 18.2 Å². The van der Waals surface area contributed by atoms with Crippen molar-refractivity contribution in [3.8, 4) is 34.3 Å². The van der Waals surface area contributed by atoms with E-state index in [4.69, 9.17) is 18.7 Å². The molecule has 2 aliphatic heterocycles. The summed E-state index contributed by atoms with van der Waals surface area (Å²) < 4.78 is 21.8. The predicted octanol–water partition coefficient (Wildman–Crippen LogP) is 4.90. The zero-order valence-corrected chi connectivity index (χ0v) is 17.5. The van der Waals surface area contributed by atoms with Crippen LogP contribution in [0.2, 0.25) is 0 Å². The average Bonchev–Trinajstić information content (AvgIpc) is 3.40. The third-order valence-corrected chi connectivity index (χ3v) is 6.02. The molecule has 31 heavy (non-hydrogen) atoms. The van der Waals surface area contributed by atoms with Gasteiger partial charge in [0.1, 0.15) is 5.69 Å². The monoisotopic (exact) mass is 422 g/mol. The van der Waals surface area contributed by atoms with Gasteiger partial charge >= 0.3 is 0 Å². The van der Waals surface area contributed by atoms with Gasteiger partial charge in [-0.15, -0.1) is 0 Å². The summed E-state index contributed by atoms with van der Waals surface area (Å²) >= 11 is 0. The van der Waals surface area contributed by atoms with Gasteiger partial charge in [-0.25, -0.2) is 0 Å². The standard InChI is InChI=1S/C24H26N2O5/c1-28-21-8-6-16(11-20(21)27)14-26-10-4-2-3-5-19(26)18-13-23(31-25-18)17-7-9-22-24(12-17)30-15-29-22/h6-9,11-13,19,27H,2-5,10,14-15H2,1H3. The van der Waals surface area contributed by atoms with Crippen molar-refractivity contribution in [3.63, 3.8) is 0 Å². The fourth-order valence-electron chi connectivity index (χ4n) is 4.39. The number of methoxy groups -OCH3 is 1. The topological polar surface area (TPSA) is 77.2 Å². The van der Waals surface area contributed by atoms with Gasteiger partial charge in [-0.1, -0.05) is 24.1 Å². The Bertz CT molecular complexity index is 1060. The van der Waals surface area contributed by atoms with Crippen molar-refractivity contribution in [1.29, 1.82) is 0 Å². The lowest BCUT2D eigenvalue weighted by Gasteiger charge is -2.28. The Morgan fingerprint density at radius 1 is 1.06 bits per heavy atom. The van der Waals surface area contributed by atoms with E-state index in [1.165, 1.54) is 6.42 Å². The van der Waals surface area contributed by atoms with Crippen LogP contribution in [-0.4, -0.2) is 35.6 Å². The minimum atomic E-state index is 0.165. The first-order valence-corrected chi connectivity index (χ1v) is 10.7. The molecule has 7 heteroatoms. The van der Waals surface area contributed by atoms with Crippen molar-refractivity contribution in [2.24, 2.45) is 0 Å². The summed E-state index contributed by atoms with van der Waals surface area (Å²) in [4.78, 5) is 2.43. The molecule has 0 amide bonds. The highest BCUT2D eigenvalue weighted by Crippen LogP contribution is 2.38. The molecule has 3 heterocycles. The Hall–Kier alpha value is -3.19. The van der Waals surface area contributed by atoms with Gasteiger partial charge in [0.25, 0.3) is 0 Å². The molecule has 0 radical (unpaired) electrons. The number of rotatable bonds is 5. The van der Waals surface area contributed by atoms with Gasteiger partial charge in [0.2, 0.25) is 6.79 Å². The summed E-state index contributed by atoms with van der Waals surface area (Å²) in [5.41, 5.74) is 2.90. The number of likely N-dealkylation sites (tertiary alicyclic amines) is 1. The van der Waals surface area contributed by atoms with E-state index in [1.807, 2.05) is 36.4 Å². The van der Waals surface area contributed by atoms with Crippen LogP contribution in [0.3, 0.4) is 0 Å².